The summed E-state index contributed by atoms with van der Waals surface area (Å²) >= 11 is 0. The predicted octanol–water partition coefficient (Wildman–Crippen LogP) is 4.43. The molecule has 0 saturated heterocycles. The van der Waals surface area contributed by atoms with Crippen molar-refractivity contribution in [3.63, 3.8) is 0 Å². The van der Waals surface area contributed by atoms with Crippen LogP contribution in [0.3, 0.4) is 0 Å². The molecular formula is C30H30O7. The van der Waals surface area contributed by atoms with E-state index in [2.05, 4.69) is 6.58 Å². The van der Waals surface area contributed by atoms with E-state index >= 15 is 0 Å². The van der Waals surface area contributed by atoms with Gasteiger partial charge in [0.05, 0.1) is 26.4 Å². The maximum Gasteiger partial charge on any atom is 0.229 e. The average molecular weight is 503 g/mol. The number of hydrogen-bond donors (Lipinski definition) is 2. The summed E-state index contributed by atoms with van der Waals surface area (Å²) in [4.78, 5) is 27.9. The summed E-state index contributed by atoms with van der Waals surface area (Å²) in [7, 11) is 2.88. The van der Waals surface area contributed by atoms with Crippen LogP contribution in [0, 0.1) is 5.92 Å². The van der Waals surface area contributed by atoms with Crippen molar-refractivity contribution >= 4 is 22.7 Å². The van der Waals surface area contributed by atoms with Crippen molar-refractivity contribution in [1.29, 1.82) is 0 Å². The highest BCUT2D eigenvalue weighted by Crippen LogP contribution is 2.48. The molecule has 0 aliphatic heterocycles. The second-order valence-corrected chi connectivity index (χ2v) is 9.18. The minimum Gasteiger partial charge on any atom is -0.508 e. The Balaban J connectivity index is 1.88. The minimum absolute atomic E-state index is 0.0494. The number of ether oxygens (including phenoxy) is 3. The smallest absolute Gasteiger partial charge is 0.229 e. The summed E-state index contributed by atoms with van der Waals surface area (Å²) in [6, 6.07) is 9.67. The third-order valence-corrected chi connectivity index (χ3v) is 6.71. The second-order valence-electron chi connectivity index (χ2n) is 9.18. The van der Waals surface area contributed by atoms with Gasteiger partial charge in [-0.2, -0.15) is 0 Å². The number of Topliss-reactive ketones (excluding diaryl/α,β-unsaturated/α-hetero) is 2. The van der Waals surface area contributed by atoms with Gasteiger partial charge >= 0.3 is 0 Å². The van der Waals surface area contributed by atoms with E-state index in [-0.39, 0.29) is 47.6 Å². The van der Waals surface area contributed by atoms with Gasteiger partial charge in [0.1, 0.15) is 12.4 Å². The first-order chi connectivity index (χ1) is 17.7. The summed E-state index contributed by atoms with van der Waals surface area (Å²) in [6.45, 7) is 7.95. The fourth-order valence-electron chi connectivity index (χ4n) is 4.74. The van der Waals surface area contributed by atoms with Crippen LogP contribution in [0.15, 0.2) is 71.5 Å². The van der Waals surface area contributed by atoms with E-state index in [0.717, 1.165) is 16.7 Å². The number of aromatic hydroxyl groups is 1. The normalized spacial score (nSPS) is 17.4. The summed E-state index contributed by atoms with van der Waals surface area (Å²) in [5, 5.41) is 18.9. The molecule has 0 unspecified atom stereocenters. The molecule has 192 valence electrons. The third kappa shape index (κ3) is 4.70. The topological polar surface area (TPSA) is 102 Å². The van der Waals surface area contributed by atoms with Crippen molar-refractivity contribution in [2.24, 2.45) is 5.92 Å². The number of hydrogen-bond acceptors (Lipinski definition) is 7. The first-order valence-corrected chi connectivity index (χ1v) is 11.9. The number of ketones is 2. The van der Waals surface area contributed by atoms with Crippen molar-refractivity contribution < 1.29 is 34.0 Å². The van der Waals surface area contributed by atoms with E-state index in [1.807, 2.05) is 13.0 Å². The number of benzene rings is 2. The number of rotatable bonds is 8. The Morgan fingerprint density at radius 3 is 2.32 bits per heavy atom. The number of methoxy groups -OCH3 is 2. The lowest BCUT2D eigenvalue weighted by Gasteiger charge is -2.34. The van der Waals surface area contributed by atoms with Gasteiger partial charge in [0.15, 0.2) is 23.0 Å². The van der Waals surface area contributed by atoms with Gasteiger partial charge in [0.25, 0.3) is 0 Å². The van der Waals surface area contributed by atoms with Crippen LogP contribution in [-0.4, -0.2) is 49.2 Å². The minimum atomic E-state index is -0.399. The molecule has 4 rings (SSSR count). The van der Waals surface area contributed by atoms with E-state index in [9.17, 15) is 19.8 Å². The maximum absolute atomic E-state index is 14.0. The van der Waals surface area contributed by atoms with Gasteiger partial charge in [0, 0.05) is 17.1 Å². The van der Waals surface area contributed by atoms with Gasteiger partial charge in [-0.05, 0) is 72.9 Å². The quantitative estimate of drug-likeness (QED) is 0.407. The molecule has 2 aliphatic carbocycles. The second kappa shape index (κ2) is 10.5. The Kier molecular flexibility index (Phi) is 7.36. The number of phenols is 1. The highest BCUT2D eigenvalue weighted by Gasteiger charge is 2.43. The molecule has 0 heterocycles. The lowest BCUT2D eigenvalue weighted by molar-refractivity contribution is -0.116. The Morgan fingerprint density at radius 2 is 1.73 bits per heavy atom. The Labute approximate surface area is 216 Å². The van der Waals surface area contributed by atoms with Crippen molar-refractivity contribution in [2.45, 2.75) is 20.3 Å². The van der Waals surface area contributed by atoms with Crippen molar-refractivity contribution in [3.8, 4) is 17.2 Å². The molecule has 2 aromatic carbocycles. The van der Waals surface area contributed by atoms with Gasteiger partial charge in [-0.15, -0.1) is 0 Å². The molecule has 0 saturated carbocycles. The van der Waals surface area contributed by atoms with E-state index < -0.39 is 5.78 Å². The summed E-state index contributed by atoms with van der Waals surface area (Å²) in [5.74, 6) is -0.175. The zero-order valence-corrected chi connectivity index (χ0v) is 21.4. The maximum atomic E-state index is 14.0. The summed E-state index contributed by atoms with van der Waals surface area (Å²) < 4.78 is 17.0. The highest BCUT2D eigenvalue weighted by molar-refractivity contribution is 6.48. The van der Waals surface area contributed by atoms with E-state index in [1.54, 1.807) is 31.2 Å². The lowest BCUT2D eigenvalue weighted by atomic mass is 9.69. The molecule has 2 aromatic rings. The molecule has 37 heavy (non-hydrogen) atoms. The predicted molar refractivity (Wildman–Crippen MR) is 140 cm³/mol. The zero-order valence-electron chi connectivity index (χ0n) is 21.4. The lowest BCUT2D eigenvalue weighted by Crippen LogP contribution is -2.32. The van der Waals surface area contributed by atoms with Crippen LogP contribution in [0.5, 0.6) is 17.2 Å². The monoisotopic (exact) mass is 502 g/mol. The number of carbonyl (C=O) groups is 2. The fraction of sp³-hybridized carbons (Fsp3) is 0.267. The van der Waals surface area contributed by atoms with E-state index in [0.29, 0.717) is 34.6 Å². The number of phenolic OH excluding ortho intramolecular Hbond substituents is 1. The molecule has 7 nitrogen and oxygen atoms in total. The Hall–Kier alpha value is -4.10. The summed E-state index contributed by atoms with van der Waals surface area (Å²) in [6.07, 6.45) is 2.24. The van der Waals surface area contributed by atoms with Crippen LogP contribution < -0.4 is 9.47 Å². The van der Waals surface area contributed by atoms with Crippen LogP contribution in [-0.2, 0) is 20.7 Å². The van der Waals surface area contributed by atoms with E-state index in [1.165, 1.54) is 26.4 Å². The van der Waals surface area contributed by atoms with Gasteiger partial charge in [0.2, 0.25) is 5.78 Å². The molecule has 0 fully saturated rings. The first kappa shape index (κ1) is 26.0. The van der Waals surface area contributed by atoms with E-state index in [4.69, 9.17) is 14.2 Å². The molecule has 1 atom stereocenters. The molecular weight excluding hydrogens is 472 g/mol. The number of aliphatic hydroxyl groups excluding tert-OH is 1. The van der Waals surface area contributed by atoms with Crippen molar-refractivity contribution in [1.82, 2.24) is 0 Å². The molecule has 2 aliphatic rings. The SMILES string of the molecule is C=C(C)[C@@H]1Cc2cc(OC/C=C(\C)CO)c(OC)cc2C2=C1C(=O)C(c1ccc(O)cc1)=C(OC)C2=O. The van der Waals surface area contributed by atoms with Crippen molar-refractivity contribution in [2.75, 3.05) is 27.4 Å². The molecule has 7 heteroatoms. The first-order valence-electron chi connectivity index (χ1n) is 11.9. The fourth-order valence-corrected chi connectivity index (χ4v) is 4.74. The van der Waals surface area contributed by atoms with Crippen LogP contribution >= 0.6 is 0 Å². The molecule has 0 amide bonds. The van der Waals surface area contributed by atoms with Crippen LogP contribution in [0.4, 0.5) is 0 Å². The third-order valence-electron chi connectivity index (χ3n) is 6.71. The molecule has 0 aromatic heterocycles. The van der Waals surface area contributed by atoms with Crippen LogP contribution in [0.25, 0.3) is 11.1 Å². The number of fused-ring (bicyclic) bond motifs is 2. The highest BCUT2D eigenvalue weighted by atomic mass is 16.5. The van der Waals surface area contributed by atoms with Crippen LogP contribution in [0.1, 0.15) is 30.5 Å². The molecule has 0 spiro atoms. The van der Waals surface area contributed by atoms with Gasteiger partial charge < -0.3 is 24.4 Å². The van der Waals surface area contributed by atoms with Gasteiger partial charge in [-0.25, -0.2) is 0 Å². The van der Waals surface area contributed by atoms with Gasteiger partial charge in [-0.1, -0.05) is 24.3 Å². The number of allylic oxidation sites excluding steroid dienone is 4. The largest absolute Gasteiger partial charge is 0.508 e. The zero-order chi connectivity index (χ0) is 26.9. The number of aliphatic hydroxyl groups is 1. The Bertz CT molecular complexity index is 1370. The average Bonchev–Trinajstić information content (AvgIpc) is 2.89. The van der Waals surface area contributed by atoms with Crippen LogP contribution in [0.2, 0.25) is 0 Å². The van der Waals surface area contributed by atoms with Crippen molar-refractivity contribution in [3.05, 3.63) is 88.2 Å². The molecule has 0 radical (unpaired) electrons. The Morgan fingerprint density at radius 1 is 1.03 bits per heavy atom. The standard InChI is InChI=1S/C30H30O7/c1-16(2)21-12-19-13-24(37-11-10-17(3)15-31)23(35-4)14-22(19)27-26(21)28(33)25(30(36-5)29(27)34)18-6-8-20(32)9-7-18/h6-10,13-14,21,31-32H,1,11-12,15H2,2-5H3/b17-10+/t21-/m0/s1. The summed E-state index contributed by atoms with van der Waals surface area (Å²) in [5.41, 5.74) is 4.27. The molecule has 0 bridgehead atoms. The molecule has 2 N–H and O–H groups in total. The number of carbonyl (C=O) groups excluding carboxylic acids is 2. The van der Waals surface area contributed by atoms with Gasteiger partial charge in [-0.3, -0.25) is 9.59 Å².